The highest BCUT2D eigenvalue weighted by atomic mass is 28.4. The van der Waals surface area contributed by atoms with Crippen molar-refractivity contribution >= 4 is 20.0 Å². The van der Waals surface area contributed by atoms with Crippen LogP contribution in [0.15, 0.2) is 11.3 Å². The van der Waals surface area contributed by atoms with Crippen molar-refractivity contribution in [3.05, 3.63) is 11.3 Å². The van der Waals surface area contributed by atoms with E-state index >= 15 is 0 Å². The third kappa shape index (κ3) is 4.91. The van der Waals surface area contributed by atoms with Crippen LogP contribution in [0.5, 0.6) is 0 Å². The average molecular weight is 430 g/mol. The molecular weight excluding hydrogens is 394 g/mol. The molecule has 2 rings (SSSR count). The molecule has 0 aromatic rings. The summed E-state index contributed by atoms with van der Waals surface area (Å²) >= 11 is 0. The minimum Gasteiger partial charge on any atom is -0.512 e. The summed E-state index contributed by atoms with van der Waals surface area (Å²) < 4.78 is 29.2. The van der Waals surface area contributed by atoms with Crippen molar-refractivity contribution in [1.29, 1.82) is 5.41 Å². The third-order valence-corrected chi connectivity index (χ3v) is 10.4. The number of esters is 1. The Balaban J connectivity index is 2.27. The Morgan fingerprint density at radius 2 is 1.76 bits per heavy atom. The maximum Gasteiger partial charge on any atom is 0.343 e. The first-order valence-corrected chi connectivity index (χ1v) is 12.7. The number of rotatable bonds is 6. The van der Waals surface area contributed by atoms with Crippen LogP contribution in [0.3, 0.4) is 0 Å². The fourth-order valence-electron chi connectivity index (χ4n) is 3.25. The quantitative estimate of drug-likeness (QED) is 0.219. The molecule has 4 atom stereocenters. The van der Waals surface area contributed by atoms with E-state index in [4.69, 9.17) is 28.8 Å². The molecule has 0 spiro atoms. The first-order chi connectivity index (χ1) is 13.1. The summed E-state index contributed by atoms with van der Waals surface area (Å²) in [6, 6.07) is 0. The number of aliphatic hydroxyl groups excluding tert-OH is 1. The number of aliphatic hydroxyl groups is 1. The van der Waals surface area contributed by atoms with E-state index in [1.165, 1.54) is 14.0 Å². The highest BCUT2D eigenvalue weighted by molar-refractivity contribution is 6.74. The van der Waals surface area contributed by atoms with Gasteiger partial charge in [-0.15, -0.1) is 0 Å². The number of methoxy groups -OCH3 is 1. The molecule has 2 aliphatic rings. The Kier molecular flexibility index (Phi) is 6.71. The topological polar surface area (TPSA) is 107 Å². The molecule has 0 aromatic carbocycles. The molecule has 0 aliphatic carbocycles. The standard InChI is InChI=1S/C20H35NO7Si/c1-11(22)13(18(23)24-7)14(21)16-17-15(27-20(5,6)28-17)12(26-16)10-25-29(8,9)19(2,3)4/h12,15-17,21-22H,10H2,1-9H3/b13-11+,21-14?/t12-,15-,16-,17-/m1/s1. The Labute approximate surface area is 174 Å². The van der Waals surface area contributed by atoms with Gasteiger partial charge in [0.05, 0.1) is 19.4 Å². The van der Waals surface area contributed by atoms with Gasteiger partial charge in [-0.3, -0.25) is 0 Å². The fraction of sp³-hybridized carbons (Fsp3) is 0.800. The highest BCUT2D eigenvalue weighted by Gasteiger charge is 2.57. The van der Waals surface area contributed by atoms with Gasteiger partial charge in [0.2, 0.25) is 0 Å². The molecule has 2 aliphatic heterocycles. The van der Waals surface area contributed by atoms with Crippen molar-refractivity contribution < 1.29 is 33.3 Å². The zero-order valence-corrected chi connectivity index (χ0v) is 19.9. The van der Waals surface area contributed by atoms with E-state index in [1.807, 2.05) is 0 Å². The number of ether oxygens (including phenoxy) is 4. The smallest absolute Gasteiger partial charge is 0.343 e. The molecular formula is C20H35NO7Si. The molecule has 0 radical (unpaired) electrons. The van der Waals surface area contributed by atoms with Gasteiger partial charge in [0.25, 0.3) is 0 Å². The van der Waals surface area contributed by atoms with Crippen LogP contribution in [-0.2, 0) is 28.2 Å². The lowest BCUT2D eigenvalue weighted by molar-refractivity contribution is -0.182. The second-order valence-electron chi connectivity index (χ2n) is 9.60. The number of fused-ring (bicyclic) bond motifs is 1. The van der Waals surface area contributed by atoms with Gasteiger partial charge in [-0.2, -0.15) is 0 Å². The van der Waals surface area contributed by atoms with E-state index in [0.717, 1.165) is 0 Å². The number of allylic oxidation sites excluding steroid dienone is 1. The van der Waals surface area contributed by atoms with Gasteiger partial charge >= 0.3 is 5.97 Å². The predicted molar refractivity (Wildman–Crippen MR) is 111 cm³/mol. The molecule has 0 amide bonds. The van der Waals surface area contributed by atoms with Gasteiger partial charge in [0.1, 0.15) is 35.7 Å². The maximum absolute atomic E-state index is 12.1. The minimum atomic E-state index is -2.02. The molecule has 166 valence electrons. The summed E-state index contributed by atoms with van der Waals surface area (Å²) in [5.74, 6) is -1.95. The van der Waals surface area contributed by atoms with Crippen LogP contribution < -0.4 is 0 Å². The highest BCUT2D eigenvalue weighted by Crippen LogP contribution is 2.42. The first kappa shape index (κ1) is 24.0. The van der Waals surface area contributed by atoms with Gasteiger partial charge in [-0.25, -0.2) is 4.79 Å². The van der Waals surface area contributed by atoms with Gasteiger partial charge in [0, 0.05) is 0 Å². The van der Waals surface area contributed by atoms with E-state index in [9.17, 15) is 9.90 Å². The fourth-order valence-corrected chi connectivity index (χ4v) is 4.27. The SMILES string of the molecule is COC(=O)/C(C(=N)[C@H]1O[C@H](CO[Si](C)(C)C(C)(C)C)[C@H]2OC(C)(C)O[C@H]21)=C(\C)O. The molecule has 2 saturated heterocycles. The monoisotopic (exact) mass is 429 g/mol. The second-order valence-corrected chi connectivity index (χ2v) is 14.4. The third-order valence-electron chi connectivity index (χ3n) is 5.87. The van der Waals surface area contributed by atoms with Crippen molar-refractivity contribution in [2.75, 3.05) is 13.7 Å². The Morgan fingerprint density at radius 3 is 2.24 bits per heavy atom. The van der Waals surface area contributed by atoms with E-state index in [-0.39, 0.29) is 22.1 Å². The zero-order chi connectivity index (χ0) is 22.4. The Hall–Kier alpha value is -1.26. The van der Waals surface area contributed by atoms with E-state index in [0.29, 0.717) is 6.61 Å². The molecule has 8 nitrogen and oxygen atoms in total. The van der Waals surface area contributed by atoms with Crippen molar-refractivity contribution in [1.82, 2.24) is 0 Å². The maximum atomic E-state index is 12.1. The van der Waals surface area contributed by atoms with Crippen LogP contribution >= 0.6 is 0 Å². The number of carbonyl (C=O) groups excluding carboxylic acids is 1. The summed E-state index contributed by atoms with van der Waals surface area (Å²) in [6.07, 6.45) is -2.38. The summed E-state index contributed by atoms with van der Waals surface area (Å²) in [6.45, 7) is 16.0. The van der Waals surface area contributed by atoms with Crippen molar-refractivity contribution in [3.8, 4) is 0 Å². The Morgan fingerprint density at radius 1 is 1.21 bits per heavy atom. The van der Waals surface area contributed by atoms with Crippen molar-refractivity contribution in [2.45, 2.75) is 89.9 Å². The van der Waals surface area contributed by atoms with E-state index in [1.54, 1.807) is 13.8 Å². The molecule has 29 heavy (non-hydrogen) atoms. The van der Waals surface area contributed by atoms with Crippen molar-refractivity contribution in [3.63, 3.8) is 0 Å². The largest absolute Gasteiger partial charge is 0.512 e. The molecule has 2 fully saturated rings. The van der Waals surface area contributed by atoms with Crippen LogP contribution in [0.1, 0.15) is 41.5 Å². The number of hydrogen-bond acceptors (Lipinski definition) is 8. The molecule has 0 unspecified atom stereocenters. The van der Waals surface area contributed by atoms with Gasteiger partial charge in [-0.1, -0.05) is 20.8 Å². The summed E-state index contributed by atoms with van der Waals surface area (Å²) in [7, 11) is -0.819. The summed E-state index contributed by atoms with van der Waals surface area (Å²) in [4.78, 5) is 12.1. The van der Waals surface area contributed by atoms with Gasteiger partial charge in [-0.05, 0) is 38.9 Å². The molecule has 2 heterocycles. The van der Waals surface area contributed by atoms with Crippen LogP contribution in [0.4, 0.5) is 0 Å². The number of nitrogens with one attached hydrogen (secondary N) is 1. The normalized spacial score (nSPS) is 30.0. The number of carbonyl (C=O) groups is 1. The second kappa shape index (κ2) is 8.11. The molecule has 2 N–H and O–H groups in total. The van der Waals surface area contributed by atoms with Crippen LogP contribution in [0, 0.1) is 5.41 Å². The Bertz CT molecular complexity index is 691. The van der Waals surface area contributed by atoms with Crippen molar-refractivity contribution in [2.24, 2.45) is 0 Å². The van der Waals surface area contributed by atoms with Gasteiger partial charge < -0.3 is 33.9 Å². The van der Waals surface area contributed by atoms with Crippen LogP contribution in [-0.4, -0.2) is 69.0 Å². The lowest BCUT2D eigenvalue weighted by Crippen LogP contribution is -2.44. The molecule has 9 heteroatoms. The minimum absolute atomic E-state index is 0.0399. The zero-order valence-electron chi connectivity index (χ0n) is 18.9. The van der Waals surface area contributed by atoms with Gasteiger partial charge in [0.15, 0.2) is 14.1 Å². The first-order valence-electron chi connectivity index (χ1n) is 9.83. The summed E-state index contributed by atoms with van der Waals surface area (Å²) in [5, 5.41) is 18.5. The predicted octanol–water partition coefficient (Wildman–Crippen LogP) is 3.32. The lowest BCUT2D eigenvalue weighted by Gasteiger charge is -2.37. The molecule has 0 saturated carbocycles. The average Bonchev–Trinajstić information content (AvgIpc) is 3.04. The van der Waals surface area contributed by atoms with Crippen LogP contribution in [0.25, 0.3) is 0 Å². The lowest BCUT2D eigenvalue weighted by atomic mass is 9.98. The molecule has 0 aromatic heterocycles. The van der Waals surface area contributed by atoms with E-state index in [2.05, 4.69) is 33.9 Å². The van der Waals surface area contributed by atoms with E-state index < -0.39 is 44.5 Å². The van der Waals surface area contributed by atoms with Crippen LogP contribution in [0.2, 0.25) is 18.1 Å². The molecule has 0 bridgehead atoms. The summed E-state index contributed by atoms with van der Waals surface area (Å²) in [5.41, 5.74) is -0.418. The number of hydrogen-bond donors (Lipinski definition) is 2.